The minimum Gasteiger partial charge on any atom is -0.508 e. The van der Waals surface area contributed by atoms with E-state index < -0.39 is 0 Å². The van der Waals surface area contributed by atoms with E-state index in [1.807, 2.05) is 0 Å². The van der Waals surface area contributed by atoms with Gasteiger partial charge in [0.05, 0.1) is 0 Å². The molecular weight excluding hydrogens is 426 g/mol. The highest BCUT2D eigenvalue weighted by Crippen LogP contribution is 2.27. The van der Waals surface area contributed by atoms with Gasteiger partial charge < -0.3 is 30.6 Å². The van der Waals surface area contributed by atoms with Gasteiger partial charge in [0.25, 0.3) is 0 Å². The monoisotopic (exact) mass is 447 g/mol. The van der Waals surface area contributed by atoms with Crippen LogP contribution >= 0.6 is 0 Å². The van der Waals surface area contributed by atoms with Crippen LogP contribution in [-0.2, 0) is 19.3 Å². The summed E-state index contributed by atoms with van der Waals surface area (Å²) in [6.45, 7) is 0. The molecule has 0 atom stereocenters. The zero-order valence-electron chi connectivity index (χ0n) is 17.3. The van der Waals surface area contributed by atoms with Crippen LogP contribution in [0.1, 0.15) is 34.2 Å². The first-order valence-corrected chi connectivity index (χ1v) is 10.0. The number of phenolic OH excluding ortho intramolecular Hbond substituents is 6. The molecule has 0 fully saturated rings. The molecule has 168 valence electrons. The molecule has 0 amide bonds. The molecule has 0 bridgehead atoms. The average Bonchev–Trinajstić information content (AvgIpc) is 2.74. The quantitative estimate of drug-likeness (QED) is 0.261. The zero-order chi connectivity index (χ0) is 23.5. The third kappa shape index (κ3) is 5.21. The molecule has 0 saturated carbocycles. The Bertz CT molecular complexity index is 1150. The van der Waals surface area contributed by atoms with E-state index in [1.54, 1.807) is 18.2 Å². The number of nitrogens with zero attached hydrogens (tertiary/aromatic N) is 3. The van der Waals surface area contributed by atoms with E-state index in [1.165, 1.54) is 36.4 Å². The predicted molar refractivity (Wildman–Crippen MR) is 118 cm³/mol. The number of hydrogen-bond donors (Lipinski definition) is 6. The Labute approximate surface area is 188 Å². The first-order chi connectivity index (χ1) is 15.8. The minimum absolute atomic E-state index is 0.0705. The van der Waals surface area contributed by atoms with Gasteiger partial charge in [-0.15, -0.1) is 0 Å². The van der Waals surface area contributed by atoms with Crippen LogP contribution in [0.15, 0.2) is 54.6 Å². The summed E-state index contributed by atoms with van der Waals surface area (Å²) in [4.78, 5) is 13.4. The van der Waals surface area contributed by atoms with Crippen LogP contribution in [0.3, 0.4) is 0 Å². The largest absolute Gasteiger partial charge is 0.508 e. The fraction of sp³-hybridized carbons (Fsp3) is 0.125. The van der Waals surface area contributed by atoms with Gasteiger partial charge in [0.15, 0.2) is 0 Å². The fourth-order valence-corrected chi connectivity index (χ4v) is 3.38. The second-order valence-corrected chi connectivity index (χ2v) is 7.55. The molecule has 0 aliphatic heterocycles. The number of hydrogen-bond acceptors (Lipinski definition) is 9. The number of rotatable bonds is 6. The highest BCUT2D eigenvalue weighted by Gasteiger charge is 2.14. The van der Waals surface area contributed by atoms with E-state index in [0.29, 0.717) is 34.2 Å². The third-order valence-electron chi connectivity index (χ3n) is 5.03. The van der Waals surface area contributed by atoms with Crippen LogP contribution in [0.4, 0.5) is 0 Å². The van der Waals surface area contributed by atoms with Crippen LogP contribution < -0.4 is 0 Å². The maximum atomic E-state index is 10.1. The first-order valence-electron chi connectivity index (χ1n) is 10.0. The maximum absolute atomic E-state index is 10.1. The zero-order valence-corrected chi connectivity index (χ0v) is 17.3. The first kappa shape index (κ1) is 21.7. The molecular formula is C24H21N3O6. The lowest BCUT2D eigenvalue weighted by Crippen LogP contribution is -2.10. The molecule has 0 aliphatic rings. The van der Waals surface area contributed by atoms with Crippen LogP contribution in [0.25, 0.3) is 0 Å². The van der Waals surface area contributed by atoms with E-state index >= 15 is 0 Å². The summed E-state index contributed by atoms with van der Waals surface area (Å²) in [5.41, 5.74) is 1.49. The Morgan fingerprint density at radius 2 is 0.697 bits per heavy atom. The van der Waals surface area contributed by atoms with Gasteiger partial charge >= 0.3 is 0 Å². The van der Waals surface area contributed by atoms with Gasteiger partial charge in [0, 0.05) is 54.2 Å². The second-order valence-electron chi connectivity index (χ2n) is 7.55. The van der Waals surface area contributed by atoms with Crippen molar-refractivity contribution in [2.24, 2.45) is 0 Å². The van der Waals surface area contributed by atoms with Crippen molar-refractivity contribution in [3.05, 3.63) is 88.8 Å². The molecule has 1 aromatic heterocycles. The standard InChI is InChI=1S/C24H21N3O6/c28-16-4-1-13(19(31)10-16)7-22-25-23(8-14-2-5-17(29)11-20(14)32)27-24(26-22)9-15-3-6-18(30)12-21(15)33/h1-6,10-12,28-33H,7-9H2. The Morgan fingerprint density at radius 1 is 0.424 bits per heavy atom. The van der Waals surface area contributed by atoms with E-state index in [-0.39, 0.29) is 53.8 Å². The van der Waals surface area contributed by atoms with Crippen molar-refractivity contribution in [1.29, 1.82) is 0 Å². The van der Waals surface area contributed by atoms with E-state index in [2.05, 4.69) is 15.0 Å². The molecule has 0 aliphatic carbocycles. The van der Waals surface area contributed by atoms with Gasteiger partial charge in [0.2, 0.25) is 0 Å². The summed E-state index contributed by atoms with van der Waals surface area (Å²) in [5, 5.41) is 59.0. The lowest BCUT2D eigenvalue weighted by molar-refractivity contribution is 0.446. The number of phenols is 6. The van der Waals surface area contributed by atoms with Crippen LogP contribution in [0.2, 0.25) is 0 Å². The average molecular weight is 447 g/mol. The number of aromatic nitrogens is 3. The van der Waals surface area contributed by atoms with E-state index in [4.69, 9.17) is 0 Å². The minimum atomic E-state index is -0.106. The molecule has 0 saturated heterocycles. The van der Waals surface area contributed by atoms with Gasteiger partial charge in [-0.1, -0.05) is 18.2 Å². The molecule has 9 heteroatoms. The van der Waals surface area contributed by atoms with Gasteiger partial charge in [-0.2, -0.15) is 0 Å². The van der Waals surface area contributed by atoms with Crippen molar-refractivity contribution in [2.45, 2.75) is 19.3 Å². The highest BCUT2D eigenvalue weighted by atomic mass is 16.3. The Balaban J connectivity index is 1.71. The molecule has 4 aromatic rings. The summed E-state index contributed by atoms with van der Waals surface area (Å²) in [6.07, 6.45) is 0.452. The lowest BCUT2D eigenvalue weighted by Gasteiger charge is -2.11. The van der Waals surface area contributed by atoms with Crippen molar-refractivity contribution in [3.63, 3.8) is 0 Å². The topological polar surface area (TPSA) is 160 Å². The number of benzene rings is 3. The molecule has 4 rings (SSSR count). The van der Waals surface area contributed by atoms with Crippen LogP contribution in [-0.4, -0.2) is 45.6 Å². The van der Waals surface area contributed by atoms with Gasteiger partial charge in [0.1, 0.15) is 52.0 Å². The number of aromatic hydroxyl groups is 6. The molecule has 0 unspecified atom stereocenters. The Hall–Kier alpha value is -4.53. The predicted octanol–water partition coefficient (Wildman–Crippen LogP) is 2.88. The Kier molecular flexibility index (Phi) is 5.86. The van der Waals surface area contributed by atoms with Crippen LogP contribution in [0.5, 0.6) is 34.5 Å². The molecule has 3 aromatic carbocycles. The van der Waals surface area contributed by atoms with Crippen LogP contribution in [0, 0.1) is 0 Å². The summed E-state index contributed by atoms with van der Waals surface area (Å²) >= 11 is 0. The third-order valence-corrected chi connectivity index (χ3v) is 5.03. The fourth-order valence-electron chi connectivity index (χ4n) is 3.38. The van der Waals surface area contributed by atoms with Gasteiger partial charge in [-0.05, 0) is 18.2 Å². The highest BCUT2D eigenvalue weighted by molar-refractivity contribution is 5.43. The van der Waals surface area contributed by atoms with Crippen molar-refractivity contribution in [2.75, 3.05) is 0 Å². The molecule has 9 nitrogen and oxygen atoms in total. The van der Waals surface area contributed by atoms with Gasteiger partial charge in [-0.25, -0.2) is 15.0 Å². The molecule has 6 N–H and O–H groups in total. The molecule has 0 radical (unpaired) electrons. The van der Waals surface area contributed by atoms with Crippen molar-refractivity contribution < 1.29 is 30.6 Å². The molecule has 0 spiro atoms. The Morgan fingerprint density at radius 3 is 0.939 bits per heavy atom. The SMILES string of the molecule is Oc1ccc(Cc2nc(Cc3ccc(O)cc3O)nc(Cc3ccc(O)cc3O)n2)c(O)c1. The smallest absolute Gasteiger partial charge is 0.137 e. The van der Waals surface area contributed by atoms with Crippen molar-refractivity contribution in [1.82, 2.24) is 15.0 Å². The maximum Gasteiger partial charge on any atom is 0.137 e. The van der Waals surface area contributed by atoms with Crippen molar-refractivity contribution >= 4 is 0 Å². The van der Waals surface area contributed by atoms with E-state index in [0.717, 1.165) is 0 Å². The second kappa shape index (κ2) is 8.91. The van der Waals surface area contributed by atoms with E-state index in [9.17, 15) is 30.6 Å². The summed E-state index contributed by atoms with van der Waals surface area (Å²) < 4.78 is 0. The lowest BCUT2D eigenvalue weighted by atomic mass is 10.1. The summed E-state index contributed by atoms with van der Waals surface area (Å²) in [5.74, 6) is 0.492. The normalized spacial score (nSPS) is 10.9. The molecule has 33 heavy (non-hydrogen) atoms. The molecule has 1 heterocycles. The van der Waals surface area contributed by atoms with Crippen molar-refractivity contribution in [3.8, 4) is 34.5 Å². The van der Waals surface area contributed by atoms with Gasteiger partial charge in [-0.3, -0.25) is 0 Å². The summed E-state index contributed by atoms with van der Waals surface area (Å²) in [7, 11) is 0. The summed E-state index contributed by atoms with van der Waals surface area (Å²) in [6, 6.07) is 12.7.